The zero-order valence-corrected chi connectivity index (χ0v) is 12.5. The Labute approximate surface area is 117 Å². The first kappa shape index (κ1) is 13.8. The lowest BCUT2D eigenvalue weighted by Gasteiger charge is -2.10. The Bertz CT molecular complexity index is 425. The summed E-state index contributed by atoms with van der Waals surface area (Å²) in [5.74, 6) is 0.226. The average Bonchev–Trinajstić information content (AvgIpc) is 2.85. The molecule has 1 aromatic carbocycles. The van der Waals surface area contributed by atoms with Crippen LogP contribution in [0, 0.1) is 13.8 Å². The lowest BCUT2D eigenvalue weighted by molar-refractivity contribution is 0.0859. The van der Waals surface area contributed by atoms with Crippen molar-refractivity contribution in [2.24, 2.45) is 0 Å². The highest BCUT2D eigenvalue weighted by Crippen LogP contribution is 2.24. The lowest BCUT2D eigenvalue weighted by atomic mass is 10.00. The molecule has 0 bridgehead atoms. The third-order valence-corrected chi connectivity index (χ3v) is 4.73. The first-order valence-corrected chi connectivity index (χ1v) is 7.29. The summed E-state index contributed by atoms with van der Waals surface area (Å²) in [7, 11) is 0. The van der Waals surface area contributed by atoms with Crippen molar-refractivity contribution < 1.29 is 9.53 Å². The van der Waals surface area contributed by atoms with E-state index in [2.05, 4.69) is 15.9 Å². The van der Waals surface area contributed by atoms with Crippen molar-refractivity contribution in [2.75, 3.05) is 6.61 Å². The van der Waals surface area contributed by atoms with Crippen LogP contribution in [0.5, 0.6) is 0 Å². The maximum atomic E-state index is 12.1. The molecular formula is C15H19BrO2. The van der Waals surface area contributed by atoms with E-state index in [1.807, 2.05) is 26.0 Å². The fourth-order valence-electron chi connectivity index (χ4n) is 2.42. The van der Waals surface area contributed by atoms with Gasteiger partial charge in [0.1, 0.15) is 0 Å². The number of ether oxygens (including phenoxy) is 1. The van der Waals surface area contributed by atoms with Crippen LogP contribution >= 0.6 is 15.9 Å². The molecule has 1 aliphatic heterocycles. The fraction of sp³-hybridized carbons (Fsp3) is 0.533. The number of aryl methyl sites for hydroxylation is 2. The molecule has 0 spiro atoms. The van der Waals surface area contributed by atoms with Crippen LogP contribution in [0.25, 0.3) is 0 Å². The van der Waals surface area contributed by atoms with Crippen LogP contribution in [0.1, 0.15) is 47.2 Å². The van der Waals surface area contributed by atoms with Gasteiger partial charge in [-0.1, -0.05) is 15.9 Å². The molecule has 0 aliphatic carbocycles. The molecule has 2 rings (SSSR count). The van der Waals surface area contributed by atoms with Gasteiger partial charge in [-0.2, -0.15) is 0 Å². The molecule has 1 aliphatic rings. The van der Waals surface area contributed by atoms with E-state index in [1.165, 1.54) is 0 Å². The Morgan fingerprint density at radius 2 is 2.06 bits per heavy atom. The van der Waals surface area contributed by atoms with Gasteiger partial charge in [-0.05, 0) is 56.4 Å². The van der Waals surface area contributed by atoms with E-state index in [4.69, 9.17) is 4.74 Å². The summed E-state index contributed by atoms with van der Waals surface area (Å²) in [4.78, 5) is 12.1. The Hall–Kier alpha value is -0.670. The summed E-state index contributed by atoms with van der Waals surface area (Å²) < 4.78 is 6.64. The predicted molar refractivity (Wildman–Crippen MR) is 76.2 cm³/mol. The molecule has 3 heteroatoms. The molecule has 0 N–H and O–H groups in total. The number of carbonyl (C=O) groups is 1. The highest BCUT2D eigenvalue weighted by atomic mass is 79.9. The van der Waals surface area contributed by atoms with Crippen molar-refractivity contribution in [3.63, 3.8) is 0 Å². The molecule has 1 fully saturated rings. The van der Waals surface area contributed by atoms with Gasteiger partial charge in [-0.15, -0.1) is 0 Å². The Balaban J connectivity index is 2.00. The number of benzene rings is 1. The van der Waals surface area contributed by atoms with Gasteiger partial charge in [0, 0.05) is 23.1 Å². The standard InChI is InChI=1S/C15H19BrO2/c1-10-8-12(9-11(2)15(10)16)14(17)6-5-13-4-3-7-18-13/h8-9,13H,3-7H2,1-2H3. The molecule has 0 radical (unpaired) electrons. The summed E-state index contributed by atoms with van der Waals surface area (Å²) >= 11 is 3.52. The zero-order valence-electron chi connectivity index (χ0n) is 11.0. The molecule has 0 saturated carbocycles. The Morgan fingerprint density at radius 3 is 2.61 bits per heavy atom. The van der Waals surface area contributed by atoms with Crippen molar-refractivity contribution in [2.45, 2.75) is 45.6 Å². The van der Waals surface area contributed by atoms with Crippen LogP contribution < -0.4 is 0 Å². The van der Waals surface area contributed by atoms with Crippen LogP contribution in [-0.2, 0) is 4.74 Å². The molecule has 98 valence electrons. The number of halogens is 1. The quantitative estimate of drug-likeness (QED) is 0.779. The molecule has 1 unspecified atom stereocenters. The van der Waals surface area contributed by atoms with Crippen molar-refractivity contribution >= 4 is 21.7 Å². The van der Waals surface area contributed by atoms with Gasteiger partial charge in [-0.25, -0.2) is 0 Å². The SMILES string of the molecule is Cc1cc(C(=O)CCC2CCCO2)cc(C)c1Br. The zero-order chi connectivity index (χ0) is 13.1. The molecule has 0 amide bonds. The molecule has 1 aromatic rings. The first-order chi connectivity index (χ1) is 8.58. The molecule has 0 aromatic heterocycles. The van der Waals surface area contributed by atoms with Crippen molar-refractivity contribution in [1.29, 1.82) is 0 Å². The van der Waals surface area contributed by atoms with Gasteiger partial charge < -0.3 is 4.74 Å². The summed E-state index contributed by atoms with van der Waals surface area (Å²) in [5.41, 5.74) is 3.07. The molecule has 2 nitrogen and oxygen atoms in total. The normalized spacial score (nSPS) is 19.2. The second kappa shape index (κ2) is 5.98. The molecule has 18 heavy (non-hydrogen) atoms. The van der Waals surface area contributed by atoms with E-state index in [0.717, 1.165) is 47.0 Å². The summed E-state index contributed by atoms with van der Waals surface area (Å²) in [6.45, 7) is 4.90. The third kappa shape index (κ3) is 3.21. The molecule has 1 heterocycles. The highest BCUT2D eigenvalue weighted by Gasteiger charge is 2.17. The predicted octanol–water partition coefficient (Wildman–Crippen LogP) is 4.21. The average molecular weight is 311 g/mol. The van der Waals surface area contributed by atoms with Gasteiger partial charge in [-0.3, -0.25) is 4.79 Å². The summed E-state index contributed by atoms with van der Waals surface area (Å²) in [6.07, 6.45) is 3.98. The van der Waals surface area contributed by atoms with Gasteiger partial charge in [0.15, 0.2) is 5.78 Å². The van der Waals surface area contributed by atoms with Crippen LogP contribution in [0.2, 0.25) is 0 Å². The van der Waals surface area contributed by atoms with Crippen LogP contribution in [0.4, 0.5) is 0 Å². The maximum Gasteiger partial charge on any atom is 0.162 e. The van der Waals surface area contributed by atoms with Gasteiger partial charge >= 0.3 is 0 Å². The number of carbonyl (C=O) groups excluding carboxylic acids is 1. The summed E-state index contributed by atoms with van der Waals surface area (Å²) in [5, 5.41) is 0. The largest absolute Gasteiger partial charge is 0.378 e. The second-order valence-electron chi connectivity index (χ2n) is 5.02. The van der Waals surface area contributed by atoms with Gasteiger partial charge in [0.25, 0.3) is 0 Å². The van der Waals surface area contributed by atoms with E-state index >= 15 is 0 Å². The number of hydrogen-bond donors (Lipinski definition) is 0. The molecule has 1 saturated heterocycles. The van der Waals surface area contributed by atoms with Crippen LogP contribution in [0.3, 0.4) is 0 Å². The second-order valence-corrected chi connectivity index (χ2v) is 5.81. The van der Waals surface area contributed by atoms with E-state index in [1.54, 1.807) is 0 Å². The maximum absolute atomic E-state index is 12.1. The van der Waals surface area contributed by atoms with E-state index in [-0.39, 0.29) is 5.78 Å². The summed E-state index contributed by atoms with van der Waals surface area (Å²) in [6, 6.07) is 3.93. The minimum absolute atomic E-state index is 0.226. The highest BCUT2D eigenvalue weighted by molar-refractivity contribution is 9.10. The first-order valence-electron chi connectivity index (χ1n) is 6.49. The van der Waals surface area contributed by atoms with Crippen molar-refractivity contribution in [3.8, 4) is 0 Å². The van der Waals surface area contributed by atoms with E-state index in [0.29, 0.717) is 12.5 Å². The molecule has 1 atom stereocenters. The topological polar surface area (TPSA) is 26.3 Å². The van der Waals surface area contributed by atoms with E-state index < -0.39 is 0 Å². The Kier molecular flexibility index (Phi) is 4.57. The van der Waals surface area contributed by atoms with Crippen LogP contribution in [-0.4, -0.2) is 18.5 Å². The molecular weight excluding hydrogens is 292 g/mol. The van der Waals surface area contributed by atoms with Crippen molar-refractivity contribution in [3.05, 3.63) is 33.3 Å². The van der Waals surface area contributed by atoms with Gasteiger partial charge in [0.2, 0.25) is 0 Å². The van der Waals surface area contributed by atoms with Crippen LogP contribution in [0.15, 0.2) is 16.6 Å². The number of ketones is 1. The van der Waals surface area contributed by atoms with Crippen molar-refractivity contribution in [1.82, 2.24) is 0 Å². The number of Topliss-reactive ketones (excluding diaryl/α,β-unsaturated/α-hetero) is 1. The third-order valence-electron chi connectivity index (χ3n) is 3.48. The fourth-order valence-corrected chi connectivity index (χ4v) is 2.64. The lowest BCUT2D eigenvalue weighted by Crippen LogP contribution is -2.09. The minimum Gasteiger partial charge on any atom is -0.378 e. The Morgan fingerprint density at radius 1 is 1.39 bits per heavy atom. The van der Waals surface area contributed by atoms with E-state index in [9.17, 15) is 4.79 Å². The smallest absolute Gasteiger partial charge is 0.162 e. The number of rotatable bonds is 4. The minimum atomic E-state index is 0.226. The van der Waals surface area contributed by atoms with Gasteiger partial charge in [0.05, 0.1) is 6.10 Å². The number of hydrogen-bond acceptors (Lipinski definition) is 2. The monoisotopic (exact) mass is 310 g/mol.